The monoisotopic (exact) mass is 271 g/mol. The van der Waals surface area contributed by atoms with E-state index >= 15 is 0 Å². The van der Waals surface area contributed by atoms with Crippen molar-refractivity contribution in [3.05, 3.63) is 0 Å². The molecule has 0 N–H and O–H groups in total. The summed E-state index contributed by atoms with van der Waals surface area (Å²) in [4.78, 5) is 0. The van der Waals surface area contributed by atoms with Crippen LogP contribution in [0.1, 0.15) is 0 Å². The first-order valence-electron chi connectivity index (χ1n) is 0.667. The quantitative estimate of drug-likeness (QED) is 0.270. The third-order valence-corrected chi connectivity index (χ3v) is 0. The SMILES string of the molecule is O=S(=O)([O-])[O-].[Al+3].[Ca+2].[Fe+2].[Mg+2].[Si+4]. The van der Waals surface area contributed by atoms with Gasteiger partial charge in [-0.3, -0.25) is 8.42 Å². The first kappa shape index (κ1) is 38.0. The Morgan fingerprint density at radius 1 is 1.10 bits per heavy atom. The molecule has 0 unspecified atom stereocenters. The van der Waals surface area contributed by atoms with Crippen molar-refractivity contribution in [1.29, 1.82) is 0 Å². The van der Waals surface area contributed by atoms with Crippen molar-refractivity contribution in [2.45, 2.75) is 0 Å². The van der Waals surface area contributed by atoms with E-state index in [4.69, 9.17) is 17.5 Å². The molecule has 0 aliphatic rings. The van der Waals surface area contributed by atoms with Gasteiger partial charge in [0, 0.05) is 10.4 Å². The molecule has 0 amide bonds. The Morgan fingerprint density at radius 3 is 1.10 bits per heavy atom. The molecule has 0 spiro atoms. The fourth-order valence-electron chi connectivity index (χ4n) is 0. The summed E-state index contributed by atoms with van der Waals surface area (Å²) in [7, 11) is -5.17. The molecule has 0 atom stereocenters. The summed E-state index contributed by atoms with van der Waals surface area (Å²) in [5, 5.41) is 0. The summed E-state index contributed by atoms with van der Waals surface area (Å²) in [5.41, 5.74) is 0. The molecule has 38 valence electrons. The van der Waals surface area contributed by atoms with Crippen molar-refractivity contribution in [2.24, 2.45) is 0 Å². The summed E-state index contributed by atoms with van der Waals surface area (Å²) in [6.07, 6.45) is 0. The Balaban J connectivity index is -0.00000000800. The van der Waals surface area contributed by atoms with Crippen LogP contribution in [0.25, 0.3) is 0 Å². The summed E-state index contributed by atoms with van der Waals surface area (Å²) in [6.45, 7) is 0. The maximum absolute atomic E-state index is 8.52. The number of rotatable bonds is 0. The van der Waals surface area contributed by atoms with E-state index in [-0.39, 0.29) is 106 Å². The van der Waals surface area contributed by atoms with Crippen LogP contribution in [-0.4, -0.2) is 107 Å². The Morgan fingerprint density at radius 2 is 1.10 bits per heavy atom. The van der Waals surface area contributed by atoms with Crippen molar-refractivity contribution >= 4 is 99.5 Å². The van der Waals surface area contributed by atoms with Gasteiger partial charge >= 0.3 is 106 Å². The van der Waals surface area contributed by atoms with Crippen molar-refractivity contribution in [1.82, 2.24) is 0 Å². The van der Waals surface area contributed by atoms with Crippen LogP contribution >= 0.6 is 0 Å². The summed E-state index contributed by atoms with van der Waals surface area (Å²) in [5.74, 6) is 0. The minimum atomic E-state index is -5.17. The van der Waals surface area contributed by atoms with E-state index in [9.17, 15) is 0 Å². The summed E-state index contributed by atoms with van der Waals surface area (Å²) >= 11 is 0. The molecular weight excluding hydrogens is 271 g/mol. The molecule has 0 rings (SSSR count). The van der Waals surface area contributed by atoms with Gasteiger partial charge < -0.3 is 9.11 Å². The molecule has 0 fully saturated rings. The molecule has 0 aromatic rings. The van der Waals surface area contributed by atoms with Crippen LogP contribution in [0.5, 0.6) is 0 Å². The average molecular weight is 271 g/mol. The van der Waals surface area contributed by atoms with Crippen LogP contribution in [0, 0.1) is 0 Å². The minimum Gasteiger partial charge on any atom is -0.759 e. The zero-order chi connectivity index (χ0) is 4.50. The predicted molar refractivity (Wildman–Crippen MR) is 33.5 cm³/mol. The van der Waals surface area contributed by atoms with Crippen LogP contribution in [0.2, 0.25) is 0 Å². The predicted octanol–water partition coefficient (Wildman–Crippen LogP) is -2.86. The van der Waals surface area contributed by atoms with Crippen LogP contribution in [0.4, 0.5) is 0 Å². The molecule has 10 heteroatoms. The van der Waals surface area contributed by atoms with Gasteiger partial charge in [-0.2, -0.15) is 0 Å². The van der Waals surface area contributed by atoms with Crippen molar-refractivity contribution in [3.63, 3.8) is 0 Å². The van der Waals surface area contributed by atoms with Crippen LogP contribution < -0.4 is 0 Å². The number of hydrogen-bond acceptors (Lipinski definition) is 4. The Bertz CT molecular complexity index is 108. The molecule has 4 nitrogen and oxygen atoms in total. The van der Waals surface area contributed by atoms with E-state index in [0.29, 0.717) is 0 Å². The summed E-state index contributed by atoms with van der Waals surface area (Å²) in [6, 6.07) is 0. The molecular formula is AlCaFeMgO4SSi+11. The molecule has 0 saturated heterocycles. The Hall–Kier alpha value is 3.16. The van der Waals surface area contributed by atoms with Gasteiger partial charge in [-0.25, -0.2) is 0 Å². The molecule has 0 aromatic heterocycles. The Labute approximate surface area is 132 Å². The second-order valence-corrected chi connectivity index (χ2v) is 1.22. The topological polar surface area (TPSA) is 80.3 Å². The molecule has 0 aliphatic heterocycles. The van der Waals surface area contributed by atoms with Gasteiger partial charge in [0.25, 0.3) is 0 Å². The Kier molecular flexibility index (Phi) is 68.5. The van der Waals surface area contributed by atoms with E-state index in [2.05, 4.69) is 0 Å². The summed E-state index contributed by atoms with van der Waals surface area (Å²) < 4.78 is 34.1. The normalized spacial score (nSPS) is 5.80. The first-order chi connectivity index (χ1) is 2.00. The van der Waals surface area contributed by atoms with E-state index in [0.717, 1.165) is 0 Å². The maximum Gasteiger partial charge on any atom is 4.00 e. The van der Waals surface area contributed by atoms with Crippen molar-refractivity contribution < 1.29 is 34.6 Å². The third-order valence-electron chi connectivity index (χ3n) is 0. The van der Waals surface area contributed by atoms with Gasteiger partial charge in [-0.05, 0) is 0 Å². The fraction of sp³-hybridized carbons (Fsp3) is 0. The van der Waals surface area contributed by atoms with E-state index in [1.807, 2.05) is 0 Å². The van der Waals surface area contributed by atoms with Gasteiger partial charge in [0.1, 0.15) is 0 Å². The molecule has 0 saturated carbocycles. The molecule has 10 heavy (non-hydrogen) atoms. The van der Waals surface area contributed by atoms with Crippen LogP contribution in [-0.2, 0) is 27.5 Å². The molecule has 0 heterocycles. The minimum absolute atomic E-state index is 0. The zero-order valence-corrected chi connectivity index (χ0v) is 12.6. The third kappa shape index (κ3) is 115. The molecule has 0 aliphatic carbocycles. The van der Waals surface area contributed by atoms with Gasteiger partial charge in [0.15, 0.2) is 0 Å². The number of hydrogen-bond donors (Lipinski definition) is 0. The van der Waals surface area contributed by atoms with E-state index in [1.165, 1.54) is 0 Å². The van der Waals surface area contributed by atoms with Crippen LogP contribution in [0.15, 0.2) is 0 Å². The van der Waals surface area contributed by atoms with Gasteiger partial charge in [0.2, 0.25) is 0 Å². The van der Waals surface area contributed by atoms with Crippen LogP contribution in [0.3, 0.4) is 0 Å². The van der Waals surface area contributed by atoms with Gasteiger partial charge in [-0.1, -0.05) is 0 Å². The standard InChI is InChI=1S/Al.Ca.Fe.Mg.H2O4S.Si/c;;;;1-5(2,3)4;/h;;;;(H2,1,2,3,4);/q+3;3*+2;;+4/p-2. The fourth-order valence-corrected chi connectivity index (χ4v) is 0. The van der Waals surface area contributed by atoms with E-state index < -0.39 is 10.4 Å². The molecule has 0 aromatic carbocycles. The molecule has 0 radical (unpaired) electrons. The van der Waals surface area contributed by atoms with E-state index in [1.54, 1.807) is 0 Å². The largest absolute Gasteiger partial charge is 4.00 e. The van der Waals surface area contributed by atoms with Crippen molar-refractivity contribution in [3.8, 4) is 0 Å². The smallest absolute Gasteiger partial charge is 0.759 e. The average Bonchev–Trinajstić information content (AvgIpc) is 0.722. The second kappa shape index (κ2) is 18.1. The zero-order valence-electron chi connectivity index (χ0n) is 4.89. The van der Waals surface area contributed by atoms with Crippen molar-refractivity contribution in [2.75, 3.05) is 0 Å². The first-order valence-corrected chi connectivity index (χ1v) is 2.00. The van der Waals surface area contributed by atoms with Gasteiger partial charge in [0.05, 0.1) is 0 Å². The molecule has 0 bridgehead atoms. The second-order valence-electron chi connectivity index (χ2n) is 0.408. The van der Waals surface area contributed by atoms with Gasteiger partial charge in [-0.15, -0.1) is 0 Å². The maximum atomic E-state index is 8.52.